The van der Waals surface area contributed by atoms with Crippen molar-refractivity contribution in [1.29, 1.82) is 0 Å². The van der Waals surface area contributed by atoms with Crippen molar-refractivity contribution >= 4 is 5.97 Å². The van der Waals surface area contributed by atoms with Crippen molar-refractivity contribution in [3.8, 4) is 0 Å². The van der Waals surface area contributed by atoms with Crippen LogP contribution in [-0.2, 0) is 9.53 Å². The first-order chi connectivity index (χ1) is 8.33. The van der Waals surface area contributed by atoms with Gasteiger partial charge in [0.05, 0.1) is 0 Å². The minimum Gasteiger partial charge on any atom is -0.454 e. The number of esters is 1. The topological polar surface area (TPSA) is 38.3 Å². The van der Waals surface area contributed by atoms with E-state index < -0.39 is 0 Å². The molecule has 2 atom stereocenters. The van der Waals surface area contributed by atoms with Crippen LogP contribution in [-0.4, -0.2) is 24.7 Å². The smallest absolute Gasteiger partial charge is 0.331 e. The second-order valence-corrected chi connectivity index (χ2v) is 4.55. The lowest BCUT2D eigenvalue weighted by Gasteiger charge is -2.31. The molecule has 0 saturated heterocycles. The van der Waals surface area contributed by atoms with Crippen molar-refractivity contribution < 1.29 is 9.53 Å². The Kier molecular flexibility index (Phi) is 2.69. The van der Waals surface area contributed by atoms with Crippen molar-refractivity contribution in [2.45, 2.75) is 25.0 Å². The fourth-order valence-corrected chi connectivity index (χ4v) is 2.45. The first-order valence-electron chi connectivity index (χ1n) is 6.00. The van der Waals surface area contributed by atoms with Crippen LogP contribution in [0.15, 0.2) is 47.6 Å². The van der Waals surface area contributed by atoms with Crippen LogP contribution in [0.1, 0.15) is 12.8 Å². The molecule has 2 unspecified atom stereocenters. The van der Waals surface area contributed by atoms with Crippen LogP contribution >= 0.6 is 0 Å². The summed E-state index contributed by atoms with van der Waals surface area (Å²) in [5.74, 6) is -0.234. The van der Waals surface area contributed by atoms with Crippen LogP contribution in [0.4, 0.5) is 0 Å². The molecule has 0 aromatic carbocycles. The molecule has 2 aliphatic heterocycles. The number of carbonyl (C=O) groups is 1. The summed E-state index contributed by atoms with van der Waals surface area (Å²) in [6.07, 6.45) is 13.7. The molecule has 3 aliphatic rings. The number of fused-ring (bicyclic) bond motifs is 1. The fraction of sp³-hybridized carbons (Fsp3) is 0.357. The van der Waals surface area contributed by atoms with Gasteiger partial charge in [-0.25, -0.2) is 4.79 Å². The zero-order chi connectivity index (χ0) is 11.7. The molecular weight excluding hydrogens is 214 g/mol. The Morgan fingerprint density at radius 3 is 3.12 bits per heavy atom. The van der Waals surface area contributed by atoms with Gasteiger partial charge in [0.25, 0.3) is 0 Å². The van der Waals surface area contributed by atoms with Crippen LogP contribution in [0.2, 0.25) is 0 Å². The molecule has 0 bridgehead atoms. The molecule has 1 N–H and O–H groups in total. The van der Waals surface area contributed by atoms with Crippen molar-refractivity contribution in [2.24, 2.45) is 0 Å². The van der Waals surface area contributed by atoms with Gasteiger partial charge in [-0.3, -0.25) is 0 Å². The minimum atomic E-state index is -0.234. The Hall–Kier alpha value is -1.61. The predicted octanol–water partition coefficient (Wildman–Crippen LogP) is 1.64. The molecule has 0 aromatic rings. The van der Waals surface area contributed by atoms with Gasteiger partial charge in [0.15, 0.2) is 0 Å². The van der Waals surface area contributed by atoms with Gasteiger partial charge in [-0.2, -0.15) is 0 Å². The molecule has 0 saturated carbocycles. The summed E-state index contributed by atoms with van der Waals surface area (Å²) < 4.78 is 5.33. The van der Waals surface area contributed by atoms with E-state index in [1.165, 1.54) is 17.2 Å². The number of carbonyl (C=O) groups excluding carboxylic acids is 1. The largest absolute Gasteiger partial charge is 0.454 e. The quantitative estimate of drug-likeness (QED) is 0.695. The van der Waals surface area contributed by atoms with Gasteiger partial charge in [0.1, 0.15) is 6.10 Å². The van der Waals surface area contributed by atoms with Crippen LogP contribution in [0.3, 0.4) is 0 Å². The molecule has 0 fully saturated rings. The van der Waals surface area contributed by atoms with E-state index in [-0.39, 0.29) is 12.1 Å². The van der Waals surface area contributed by atoms with Crippen LogP contribution in [0, 0.1) is 0 Å². The number of cyclic esters (lactones) is 1. The highest BCUT2D eigenvalue weighted by Gasteiger charge is 2.26. The summed E-state index contributed by atoms with van der Waals surface area (Å²) in [5.41, 5.74) is 2.46. The highest BCUT2D eigenvalue weighted by atomic mass is 16.5. The number of hydrogen-bond donors (Lipinski definition) is 1. The van der Waals surface area contributed by atoms with Crippen molar-refractivity contribution in [3.05, 3.63) is 47.6 Å². The lowest BCUT2D eigenvalue weighted by atomic mass is 9.90. The summed E-state index contributed by atoms with van der Waals surface area (Å²) in [4.78, 5) is 11.2. The molecule has 2 heterocycles. The molecule has 0 radical (unpaired) electrons. The van der Waals surface area contributed by atoms with Crippen LogP contribution in [0.5, 0.6) is 0 Å². The summed E-state index contributed by atoms with van der Waals surface area (Å²) in [7, 11) is 0. The Morgan fingerprint density at radius 2 is 2.24 bits per heavy atom. The molecule has 17 heavy (non-hydrogen) atoms. The van der Waals surface area contributed by atoms with Gasteiger partial charge in [0.2, 0.25) is 0 Å². The highest BCUT2D eigenvalue weighted by molar-refractivity contribution is 5.83. The third kappa shape index (κ3) is 2.11. The van der Waals surface area contributed by atoms with Crippen LogP contribution in [0.25, 0.3) is 0 Å². The van der Waals surface area contributed by atoms with E-state index in [1.807, 2.05) is 6.08 Å². The normalized spacial score (nSPS) is 31.4. The predicted molar refractivity (Wildman–Crippen MR) is 65.4 cm³/mol. The summed E-state index contributed by atoms with van der Waals surface area (Å²) in [6, 6.07) is 0.429. The number of nitrogens with one attached hydrogen (secondary N) is 1. The zero-order valence-electron chi connectivity index (χ0n) is 9.56. The number of rotatable bonds is 1. The summed E-state index contributed by atoms with van der Waals surface area (Å²) in [6.45, 7) is 0.807. The molecule has 3 nitrogen and oxygen atoms in total. The maximum atomic E-state index is 11.2. The summed E-state index contributed by atoms with van der Waals surface area (Å²) >= 11 is 0. The SMILES string of the molecule is O=C1C=CCC(C2=CC3=CC=CCC3NC2)O1. The first kappa shape index (κ1) is 10.5. The van der Waals surface area contributed by atoms with Crippen molar-refractivity contribution in [2.75, 3.05) is 6.54 Å². The van der Waals surface area contributed by atoms with E-state index in [9.17, 15) is 4.79 Å². The van der Waals surface area contributed by atoms with Gasteiger partial charge in [-0.1, -0.05) is 30.4 Å². The van der Waals surface area contributed by atoms with Gasteiger partial charge in [-0.05, 0) is 17.6 Å². The molecule has 0 spiro atoms. The Balaban J connectivity index is 1.82. The van der Waals surface area contributed by atoms with Gasteiger partial charge in [-0.15, -0.1) is 0 Å². The van der Waals surface area contributed by atoms with E-state index in [2.05, 4.69) is 29.6 Å². The van der Waals surface area contributed by atoms with E-state index in [1.54, 1.807) is 0 Å². The van der Waals surface area contributed by atoms with E-state index >= 15 is 0 Å². The molecule has 1 aliphatic carbocycles. The average molecular weight is 229 g/mol. The Labute approximate surface area is 101 Å². The van der Waals surface area contributed by atoms with Gasteiger partial charge >= 0.3 is 5.97 Å². The first-order valence-corrected chi connectivity index (χ1v) is 6.00. The lowest BCUT2D eigenvalue weighted by molar-refractivity contribution is -0.142. The lowest BCUT2D eigenvalue weighted by Crippen LogP contribution is -2.39. The molecule has 3 heteroatoms. The van der Waals surface area contributed by atoms with E-state index in [0.29, 0.717) is 6.04 Å². The summed E-state index contributed by atoms with van der Waals surface area (Å²) in [5, 5.41) is 3.48. The van der Waals surface area contributed by atoms with E-state index in [4.69, 9.17) is 4.74 Å². The van der Waals surface area contributed by atoms with E-state index in [0.717, 1.165) is 19.4 Å². The fourth-order valence-electron chi connectivity index (χ4n) is 2.45. The Bertz CT molecular complexity index is 457. The molecular formula is C14H15NO2. The van der Waals surface area contributed by atoms with Crippen molar-refractivity contribution in [3.63, 3.8) is 0 Å². The zero-order valence-corrected chi connectivity index (χ0v) is 9.56. The van der Waals surface area contributed by atoms with Crippen LogP contribution < -0.4 is 5.32 Å². The molecule has 0 amide bonds. The third-order valence-corrected chi connectivity index (χ3v) is 3.38. The van der Waals surface area contributed by atoms with Gasteiger partial charge in [0, 0.05) is 25.1 Å². The molecule has 88 valence electrons. The maximum absolute atomic E-state index is 11.2. The number of allylic oxidation sites excluding steroid dienone is 2. The maximum Gasteiger partial charge on any atom is 0.331 e. The average Bonchev–Trinajstić information content (AvgIpc) is 2.38. The Morgan fingerprint density at radius 1 is 1.29 bits per heavy atom. The minimum absolute atomic E-state index is 0.0900. The highest BCUT2D eigenvalue weighted by Crippen LogP contribution is 2.25. The standard InChI is InChI=1S/C14H15NO2/c16-14-7-3-6-13(17-14)11-8-10-4-1-2-5-12(10)15-9-11/h1-4,7-8,12-13,15H,5-6,9H2. The van der Waals surface area contributed by atoms with Gasteiger partial charge < -0.3 is 10.1 Å². The second-order valence-electron chi connectivity index (χ2n) is 4.55. The molecule has 0 aromatic heterocycles. The van der Waals surface area contributed by atoms with Crippen molar-refractivity contribution in [1.82, 2.24) is 5.32 Å². The monoisotopic (exact) mass is 229 g/mol. The number of hydrogen-bond acceptors (Lipinski definition) is 3. The molecule has 3 rings (SSSR count). The second kappa shape index (κ2) is 4.34. The third-order valence-electron chi connectivity index (χ3n) is 3.38. The number of ether oxygens (including phenoxy) is 1.